The quantitative estimate of drug-likeness (QED) is 0.419. The molecule has 7 nitrogen and oxygen atoms in total. The maximum absolute atomic E-state index is 13.5. The van der Waals surface area contributed by atoms with E-state index in [1.54, 1.807) is 32.0 Å². The summed E-state index contributed by atoms with van der Waals surface area (Å²) in [6.07, 6.45) is 1.77. The van der Waals surface area contributed by atoms with Crippen molar-refractivity contribution in [3.05, 3.63) is 75.7 Å². The number of ketones is 1. The van der Waals surface area contributed by atoms with Crippen LogP contribution >= 0.6 is 11.3 Å². The number of Topliss-reactive ketones (excluding diaryl/α,β-unsaturated/α-hetero) is 1. The predicted octanol–water partition coefficient (Wildman–Crippen LogP) is 4.85. The Morgan fingerprint density at radius 1 is 1.21 bits per heavy atom. The van der Waals surface area contributed by atoms with Gasteiger partial charge in [0.25, 0.3) is 11.5 Å². The van der Waals surface area contributed by atoms with E-state index >= 15 is 0 Å². The minimum absolute atomic E-state index is 0.259. The average Bonchev–Trinajstić information content (AvgIpc) is 3.29. The van der Waals surface area contributed by atoms with E-state index < -0.39 is 12.1 Å². The van der Waals surface area contributed by atoms with Crippen LogP contribution in [0.2, 0.25) is 0 Å². The van der Waals surface area contributed by atoms with E-state index in [0.29, 0.717) is 27.2 Å². The summed E-state index contributed by atoms with van der Waals surface area (Å²) in [6, 6.07) is 12.2. The number of carbonyl (C=O) groups is 2. The molecule has 172 valence electrons. The van der Waals surface area contributed by atoms with Gasteiger partial charge in [0, 0.05) is 16.5 Å². The minimum Gasteiger partial charge on any atom is -0.479 e. The van der Waals surface area contributed by atoms with Gasteiger partial charge < -0.3 is 10.1 Å². The van der Waals surface area contributed by atoms with Crippen LogP contribution < -0.4 is 15.6 Å². The number of hydrogen-bond acceptors (Lipinski definition) is 6. The van der Waals surface area contributed by atoms with Crippen LogP contribution in [0.25, 0.3) is 21.3 Å². The Balaban J connectivity index is 1.51. The highest BCUT2D eigenvalue weighted by Gasteiger charge is 2.26. The second-order valence-corrected chi connectivity index (χ2v) is 9.20. The van der Waals surface area contributed by atoms with Crippen molar-refractivity contribution in [1.82, 2.24) is 9.55 Å². The van der Waals surface area contributed by atoms with Gasteiger partial charge in [0.15, 0.2) is 11.9 Å². The number of amides is 1. The Morgan fingerprint density at radius 2 is 1.97 bits per heavy atom. The molecule has 0 aliphatic carbocycles. The molecular weight excluding hydrogens is 450 g/mol. The number of benzene rings is 2. The fourth-order valence-electron chi connectivity index (χ4n) is 4.08. The Labute approximate surface area is 200 Å². The van der Waals surface area contributed by atoms with E-state index in [1.807, 2.05) is 17.5 Å². The standard InChI is InChI=1S/C26H23N3O4S/c1-4-16-5-7-17(8-6-16)19-12-34-25-22(19)26(32)29(13-27-25)14(2)23(30)18-9-10-21-20(11-18)28-24(31)15(3)33-21/h5-15H,4H2,1-3H3,(H,28,31). The molecule has 0 saturated carbocycles. The van der Waals surface area contributed by atoms with E-state index in [1.165, 1.54) is 27.8 Å². The number of fused-ring (bicyclic) bond motifs is 2. The number of ether oxygens (including phenoxy) is 1. The number of carbonyl (C=O) groups excluding carboxylic acids is 2. The zero-order valence-corrected chi connectivity index (χ0v) is 19.8. The van der Waals surface area contributed by atoms with Gasteiger partial charge in [0.2, 0.25) is 0 Å². The molecule has 1 aliphatic heterocycles. The molecule has 1 aliphatic rings. The first-order valence-corrected chi connectivity index (χ1v) is 12.0. The lowest BCUT2D eigenvalue weighted by Crippen LogP contribution is -2.34. The molecule has 2 atom stereocenters. The topological polar surface area (TPSA) is 90.3 Å². The first kappa shape index (κ1) is 22.0. The maximum Gasteiger partial charge on any atom is 0.265 e. The number of nitrogens with zero attached hydrogens (tertiary/aromatic N) is 2. The van der Waals surface area contributed by atoms with E-state index in [2.05, 4.69) is 29.4 Å². The summed E-state index contributed by atoms with van der Waals surface area (Å²) in [6.45, 7) is 5.43. The third kappa shape index (κ3) is 3.70. The van der Waals surface area contributed by atoms with Crippen molar-refractivity contribution < 1.29 is 14.3 Å². The summed E-state index contributed by atoms with van der Waals surface area (Å²) in [4.78, 5) is 43.8. The Kier molecular flexibility index (Phi) is 5.53. The number of thiophene rings is 1. The van der Waals surface area contributed by atoms with Crippen LogP contribution in [0, 0.1) is 0 Å². The fourth-order valence-corrected chi connectivity index (χ4v) is 4.99. The SMILES string of the molecule is CCc1ccc(-c2csc3ncn(C(C)C(=O)c4ccc5c(c4)NC(=O)C(C)O5)c(=O)c23)cc1. The Bertz CT molecular complexity index is 1490. The Morgan fingerprint density at radius 3 is 2.71 bits per heavy atom. The van der Waals surface area contributed by atoms with Gasteiger partial charge in [-0.2, -0.15) is 0 Å². The van der Waals surface area contributed by atoms with Crippen molar-refractivity contribution in [2.75, 3.05) is 5.32 Å². The number of aryl methyl sites for hydroxylation is 1. The van der Waals surface area contributed by atoms with Crippen molar-refractivity contribution in [2.24, 2.45) is 0 Å². The molecular formula is C26H23N3O4S. The summed E-state index contributed by atoms with van der Waals surface area (Å²) >= 11 is 1.41. The van der Waals surface area contributed by atoms with E-state index in [4.69, 9.17) is 4.74 Å². The van der Waals surface area contributed by atoms with Crippen LogP contribution in [0.1, 0.15) is 42.7 Å². The molecule has 1 amide bonds. The van der Waals surface area contributed by atoms with Crippen LogP contribution in [0.4, 0.5) is 5.69 Å². The van der Waals surface area contributed by atoms with Crippen LogP contribution in [-0.4, -0.2) is 27.3 Å². The van der Waals surface area contributed by atoms with Crippen LogP contribution in [0.5, 0.6) is 5.75 Å². The van der Waals surface area contributed by atoms with Crippen LogP contribution in [-0.2, 0) is 11.2 Å². The third-order valence-corrected chi connectivity index (χ3v) is 7.07. The second kappa shape index (κ2) is 8.53. The molecule has 0 saturated heterocycles. The van der Waals surface area contributed by atoms with Crippen LogP contribution in [0.3, 0.4) is 0 Å². The van der Waals surface area contributed by atoms with Crippen molar-refractivity contribution in [3.8, 4) is 16.9 Å². The zero-order chi connectivity index (χ0) is 24.0. The summed E-state index contributed by atoms with van der Waals surface area (Å²) in [5.41, 5.74) is 3.54. The molecule has 0 radical (unpaired) electrons. The van der Waals surface area contributed by atoms with E-state index in [9.17, 15) is 14.4 Å². The number of hydrogen-bond donors (Lipinski definition) is 1. The zero-order valence-electron chi connectivity index (χ0n) is 19.0. The van der Waals surface area contributed by atoms with Gasteiger partial charge in [-0.1, -0.05) is 31.2 Å². The lowest BCUT2D eigenvalue weighted by atomic mass is 10.0. The molecule has 8 heteroatoms. The molecule has 2 aromatic heterocycles. The molecule has 2 aromatic carbocycles. The predicted molar refractivity (Wildman–Crippen MR) is 133 cm³/mol. The smallest absolute Gasteiger partial charge is 0.265 e. The molecule has 5 rings (SSSR count). The highest BCUT2D eigenvalue weighted by molar-refractivity contribution is 7.17. The fraction of sp³-hybridized carbons (Fsp3) is 0.231. The summed E-state index contributed by atoms with van der Waals surface area (Å²) in [5.74, 6) is -0.0236. The van der Waals surface area contributed by atoms with E-state index in [0.717, 1.165) is 17.5 Å². The molecule has 1 N–H and O–H groups in total. The third-order valence-electron chi connectivity index (χ3n) is 6.18. The number of aromatic nitrogens is 2. The monoisotopic (exact) mass is 473 g/mol. The normalized spacial score (nSPS) is 16.0. The van der Waals surface area contributed by atoms with Gasteiger partial charge in [0.05, 0.1) is 23.4 Å². The van der Waals surface area contributed by atoms with Gasteiger partial charge >= 0.3 is 0 Å². The lowest BCUT2D eigenvalue weighted by molar-refractivity contribution is -0.122. The highest BCUT2D eigenvalue weighted by Crippen LogP contribution is 2.33. The van der Waals surface area contributed by atoms with Crippen LogP contribution in [0.15, 0.2) is 59.0 Å². The van der Waals surface area contributed by atoms with Gasteiger partial charge in [-0.3, -0.25) is 19.0 Å². The van der Waals surface area contributed by atoms with Crippen molar-refractivity contribution in [1.29, 1.82) is 0 Å². The first-order valence-electron chi connectivity index (χ1n) is 11.1. The number of anilines is 1. The molecule has 0 bridgehead atoms. The number of rotatable bonds is 5. The highest BCUT2D eigenvalue weighted by atomic mass is 32.1. The Hall–Kier alpha value is -3.78. The van der Waals surface area contributed by atoms with Gasteiger partial charge in [0.1, 0.15) is 10.6 Å². The lowest BCUT2D eigenvalue weighted by Gasteiger charge is -2.24. The summed E-state index contributed by atoms with van der Waals surface area (Å²) in [5, 5.41) is 5.20. The number of nitrogens with one attached hydrogen (secondary N) is 1. The van der Waals surface area contributed by atoms with Crippen molar-refractivity contribution >= 4 is 38.9 Å². The molecule has 34 heavy (non-hydrogen) atoms. The van der Waals surface area contributed by atoms with Gasteiger partial charge in [-0.05, 0) is 49.6 Å². The molecule has 0 spiro atoms. The van der Waals surface area contributed by atoms with Crippen molar-refractivity contribution in [2.45, 2.75) is 39.3 Å². The van der Waals surface area contributed by atoms with E-state index in [-0.39, 0.29) is 17.2 Å². The largest absolute Gasteiger partial charge is 0.479 e. The summed E-state index contributed by atoms with van der Waals surface area (Å²) < 4.78 is 6.94. The molecule has 4 aromatic rings. The molecule has 0 fully saturated rings. The average molecular weight is 474 g/mol. The van der Waals surface area contributed by atoms with Crippen molar-refractivity contribution in [3.63, 3.8) is 0 Å². The minimum atomic E-state index is -0.781. The molecule has 3 heterocycles. The second-order valence-electron chi connectivity index (χ2n) is 8.34. The molecule has 2 unspecified atom stereocenters. The summed E-state index contributed by atoms with van der Waals surface area (Å²) in [7, 11) is 0. The first-order chi connectivity index (χ1) is 16.4. The van der Waals surface area contributed by atoms with Gasteiger partial charge in [-0.25, -0.2) is 4.98 Å². The van der Waals surface area contributed by atoms with Gasteiger partial charge in [-0.15, -0.1) is 11.3 Å². The maximum atomic E-state index is 13.5.